The lowest BCUT2D eigenvalue weighted by Crippen LogP contribution is -2.29. The van der Waals surface area contributed by atoms with Crippen molar-refractivity contribution in [2.45, 2.75) is 6.92 Å². The SMILES string of the molecule is CC(=O)O.O=C(Nc1ccccc1)C(=O)Nc1ccccc1C(=O)O. The van der Waals surface area contributed by atoms with Crippen LogP contribution in [0.2, 0.25) is 0 Å². The van der Waals surface area contributed by atoms with E-state index in [0.717, 1.165) is 6.92 Å². The zero-order valence-corrected chi connectivity index (χ0v) is 13.2. The van der Waals surface area contributed by atoms with Crippen LogP contribution in [0.4, 0.5) is 11.4 Å². The van der Waals surface area contributed by atoms with Gasteiger partial charge in [-0.25, -0.2) is 4.79 Å². The van der Waals surface area contributed by atoms with E-state index in [1.54, 1.807) is 36.4 Å². The number of carbonyl (C=O) groups is 4. The van der Waals surface area contributed by atoms with E-state index in [1.807, 2.05) is 0 Å². The van der Waals surface area contributed by atoms with E-state index in [4.69, 9.17) is 15.0 Å². The summed E-state index contributed by atoms with van der Waals surface area (Å²) in [6.45, 7) is 1.08. The third kappa shape index (κ3) is 6.95. The van der Waals surface area contributed by atoms with Crippen molar-refractivity contribution in [1.82, 2.24) is 0 Å². The average Bonchev–Trinajstić information content (AvgIpc) is 2.55. The number of para-hydroxylation sites is 2. The van der Waals surface area contributed by atoms with Gasteiger partial charge in [0.2, 0.25) is 0 Å². The first-order valence-electron chi connectivity index (χ1n) is 7.00. The maximum Gasteiger partial charge on any atom is 0.337 e. The van der Waals surface area contributed by atoms with Crippen molar-refractivity contribution in [2.75, 3.05) is 10.6 Å². The molecule has 8 nitrogen and oxygen atoms in total. The number of hydrogen-bond donors (Lipinski definition) is 4. The molecule has 8 heteroatoms. The second kappa shape index (κ2) is 9.46. The third-order valence-corrected chi connectivity index (χ3v) is 2.64. The summed E-state index contributed by atoms with van der Waals surface area (Å²) in [5.41, 5.74) is 0.459. The minimum absolute atomic E-state index is 0.0678. The van der Waals surface area contributed by atoms with Crippen molar-refractivity contribution in [3.8, 4) is 0 Å². The number of benzene rings is 2. The van der Waals surface area contributed by atoms with Crippen LogP contribution in [0.15, 0.2) is 54.6 Å². The summed E-state index contributed by atoms with van der Waals surface area (Å²) in [6, 6.07) is 14.3. The molecule has 0 saturated carbocycles. The first-order chi connectivity index (χ1) is 11.8. The van der Waals surface area contributed by atoms with E-state index in [2.05, 4.69) is 10.6 Å². The van der Waals surface area contributed by atoms with Crippen LogP contribution in [-0.2, 0) is 14.4 Å². The summed E-state index contributed by atoms with van der Waals surface area (Å²) >= 11 is 0. The average molecular weight is 344 g/mol. The summed E-state index contributed by atoms with van der Waals surface area (Å²) in [5, 5.41) is 21.1. The topological polar surface area (TPSA) is 133 Å². The number of amides is 2. The highest BCUT2D eigenvalue weighted by Gasteiger charge is 2.17. The summed E-state index contributed by atoms with van der Waals surface area (Å²) in [7, 11) is 0. The number of nitrogens with one attached hydrogen (secondary N) is 2. The van der Waals surface area contributed by atoms with E-state index in [-0.39, 0.29) is 11.3 Å². The van der Waals surface area contributed by atoms with Gasteiger partial charge in [-0.1, -0.05) is 30.3 Å². The molecule has 0 aliphatic heterocycles. The van der Waals surface area contributed by atoms with Gasteiger partial charge < -0.3 is 20.8 Å². The van der Waals surface area contributed by atoms with E-state index < -0.39 is 23.8 Å². The Bertz CT molecular complexity index is 770. The molecule has 0 spiro atoms. The molecule has 0 heterocycles. The van der Waals surface area contributed by atoms with Gasteiger partial charge in [0.15, 0.2) is 0 Å². The lowest BCUT2D eigenvalue weighted by atomic mass is 10.2. The molecule has 0 aromatic heterocycles. The van der Waals surface area contributed by atoms with Crippen molar-refractivity contribution in [3.63, 3.8) is 0 Å². The van der Waals surface area contributed by atoms with E-state index in [1.165, 1.54) is 18.2 Å². The fraction of sp³-hybridized carbons (Fsp3) is 0.0588. The van der Waals surface area contributed by atoms with Crippen LogP contribution in [0.1, 0.15) is 17.3 Å². The Hall–Kier alpha value is -3.68. The molecule has 2 aromatic rings. The summed E-state index contributed by atoms with van der Waals surface area (Å²) in [6.07, 6.45) is 0. The van der Waals surface area contributed by atoms with Gasteiger partial charge >= 0.3 is 17.8 Å². The van der Waals surface area contributed by atoms with Gasteiger partial charge in [-0.05, 0) is 24.3 Å². The van der Waals surface area contributed by atoms with Crippen LogP contribution in [0, 0.1) is 0 Å². The molecular formula is C17H16N2O6. The fourth-order valence-electron chi connectivity index (χ4n) is 1.67. The van der Waals surface area contributed by atoms with E-state index in [0.29, 0.717) is 5.69 Å². The molecule has 0 aliphatic rings. The van der Waals surface area contributed by atoms with Crippen LogP contribution in [0.25, 0.3) is 0 Å². The van der Waals surface area contributed by atoms with Crippen molar-refractivity contribution in [2.24, 2.45) is 0 Å². The molecular weight excluding hydrogens is 328 g/mol. The zero-order chi connectivity index (χ0) is 18.8. The molecule has 2 amide bonds. The number of carboxylic acid groups (broad SMARTS) is 2. The second-order valence-corrected chi connectivity index (χ2v) is 4.64. The molecule has 4 N–H and O–H groups in total. The van der Waals surface area contributed by atoms with Crippen molar-refractivity contribution in [3.05, 3.63) is 60.2 Å². The van der Waals surface area contributed by atoms with Gasteiger partial charge in [0.1, 0.15) is 0 Å². The number of carboxylic acids is 2. The number of aliphatic carboxylic acids is 1. The lowest BCUT2D eigenvalue weighted by Gasteiger charge is -2.08. The van der Waals surface area contributed by atoms with Crippen molar-refractivity contribution in [1.29, 1.82) is 0 Å². The molecule has 0 atom stereocenters. The third-order valence-electron chi connectivity index (χ3n) is 2.64. The fourth-order valence-corrected chi connectivity index (χ4v) is 1.67. The number of aromatic carboxylic acids is 1. The molecule has 0 fully saturated rings. The highest BCUT2D eigenvalue weighted by Crippen LogP contribution is 2.15. The van der Waals surface area contributed by atoms with Gasteiger partial charge in [-0.2, -0.15) is 0 Å². The molecule has 0 unspecified atom stereocenters. The summed E-state index contributed by atoms with van der Waals surface area (Å²) in [5.74, 6) is -3.83. The number of anilines is 2. The zero-order valence-electron chi connectivity index (χ0n) is 13.2. The van der Waals surface area contributed by atoms with Gasteiger partial charge in [-0.15, -0.1) is 0 Å². The Morgan fingerprint density at radius 3 is 1.80 bits per heavy atom. The Balaban J connectivity index is 0.000000705. The molecule has 25 heavy (non-hydrogen) atoms. The predicted molar refractivity (Wildman–Crippen MR) is 90.4 cm³/mol. The lowest BCUT2D eigenvalue weighted by molar-refractivity contribution is -0.134. The maximum atomic E-state index is 11.8. The Kier molecular flexibility index (Phi) is 7.33. The first kappa shape index (κ1) is 19.4. The first-order valence-corrected chi connectivity index (χ1v) is 7.00. The van der Waals surface area contributed by atoms with Crippen LogP contribution in [0.3, 0.4) is 0 Å². The van der Waals surface area contributed by atoms with Crippen LogP contribution >= 0.6 is 0 Å². The monoisotopic (exact) mass is 344 g/mol. The largest absolute Gasteiger partial charge is 0.481 e. The molecule has 0 bridgehead atoms. The van der Waals surface area contributed by atoms with Crippen LogP contribution in [-0.4, -0.2) is 34.0 Å². The van der Waals surface area contributed by atoms with E-state index in [9.17, 15) is 14.4 Å². The molecule has 2 rings (SSSR count). The highest BCUT2D eigenvalue weighted by molar-refractivity contribution is 6.43. The minimum Gasteiger partial charge on any atom is -0.481 e. The van der Waals surface area contributed by atoms with Gasteiger partial charge in [0.05, 0.1) is 11.3 Å². The quantitative estimate of drug-likeness (QED) is 0.630. The van der Waals surface area contributed by atoms with Crippen LogP contribution in [0.5, 0.6) is 0 Å². The maximum absolute atomic E-state index is 11.8. The van der Waals surface area contributed by atoms with Crippen molar-refractivity contribution >= 4 is 35.1 Å². The summed E-state index contributed by atoms with van der Waals surface area (Å²) in [4.78, 5) is 43.5. The standard InChI is InChI=1S/C15H12N2O4.C2H4O2/c18-13(16-10-6-2-1-3-7-10)14(19)17-12-9-5-4-8-11(12)15(20)21;1-2(3)4/h1-9H,(H,16,18)(H,17,19)(H,20,21);1H3,(H,3,4). The molecule has 2 aromatic carbocycles. The second-order valence-electron chi connectivity index (χ2n) is 4.64. The molecule has 130 valence electrons. The minimum atomic E-state index is -1.19. The smallest absolute Gasteiger partial charge is 0.337 e. The van der Waals surface area contributed by atoms with Crippen molar-refractivity contribution < 1.29 is 29.4 Å². The Labute approximate surface area is 143 Å². The predicted octanol–water partition coefficient (Wildman–Crippen LogP) is 2.05. The van der Waals surface area contributed by atoms with Gasteiger partial charge in [-0.3, -0.25) is 14.4 Å². The van der Waals surface area contributed by atoms with Gasteiger partial charge in [0, 0.05) is 12.6 Å². The van der Waals surface area contributed by atoms with Crippen LogP contribution < -0.4 is 10.6 Å². The highest BCUT2D eigenvalue weighted by atomic mass is 16.4. The summed E-state index contributed by atoms with van der Waals surface area (Å²) < 4.78 is 0. The Morgan fingerprint density at radius 2 is 1.24 bits per heavy atom. The molecule has 0 saturated heterocycles. The molecule has 0 radical (unpaired) electrons. The molecule has 0 aliphatic carbocycles. The van der Waals surface area contributed by atoms with Gasteiger partial charge in [0.25, 0.3) is 5.97 Å². The normalized spacial score (nSPS) is 9.16. The number of carbonyl (C=O) groups excluding carboxylic acids is 2. The number of hydrogen-bond acceptors (Lipinski definition) is 4. The number of rotatable bonds is 3. The van der Waals surface area contributed by atoms with E-state index >= 15 is 0 Å². The Morgan fingerprint density at radius 1 is 0.760 bits per heavy atom.